The molecule has 2 aromatic rings. The summed E-state index contributed by atoms with van der Waals surface area (Å²) in [5.74, 6) is -0.436. The largest absolute Gasteiger partial charge is 0.465 e. The summed E-state index contributed by atoms with van der Waals surface area (Å²) in [5, 5.41) is 6.62. The van der Waals surface area contributed by atoms with E-state index in [0.29, 0.717) is 30.3 Å². The molecule has 0 radical (unpaired) electrons. The van der Waals surface area contributed by atoms with Gasteiger partial charge in [-0.25, -0.2) is 0 Å². The number of esters is 1. The minimum Gasteiger partial charge on any atom is -0.465 e. The lowest BCUT2D eigenvalue weighted by molar-refractivity contribution is -0.138. The molecule has 1 heterocycles. The van der Waals surface area contributed by atoms with E-state index in [9.17, 15) is 9.59 Å². The highest BCUT2D eigenvalue weighted by Crippen LogP contribution is 2.26. The van der Waals surface area contributed by atoms with Crippen LogP contribution < -0.4 is 10.6 Å². The molecule has 25 heavy (non-hydrogen) atoms. The Morgan fingerprint density at radius 1 is 1.20 bits per heavy atom. The van der Waals surface area contributed by atoms with Gasteiger partial charge in [0.15, 0.2) is 0 Å². The Kier molecular flexibility index (Phi) is 5.56. The van der Waals surface area contributed by atoms with Gasteiger partial charge in [-0.05, 0) is 23.8 Å². The molecule has 0 aliphatic carbocycles. The first-order valence-corrected chi connectivity index (χ1v) is 8.51. The van der Waals surface area contributed by atoms with Gasteiger partial charge in [0.25, 0.3) is 0 Å². The molecular weight excluding hydrogens is 340 g/mol. The second-order valence-electron chi connectivity index (χ2n) is 6.04. The zero-order chi connectivity index (χ0) is 17.6. The fourth-order valence-corrected chi connectivity index (χ4v) is 2.95. The molecule has 0 aromatic heterocycles. The summed E-state index contributed by atoms with van der Waals surface area (Å²) in [6.45, 7) is 0.983. The Bertz CT molecular complexity index is 765. The SMILES string of the molecule is O=C(C[C@H]1COC(=O)C1)Nc1ccc(NCc2ccccc2)c(Cl)c1. The number of rotatable bonds is 6. The number of ether oxygens (including phenoxy) is 1. The van der Waals surface area contributed by atoms with Gasteiger partial charge in [-0.1, -0.05) is 41.9 Å². The Labute approximate surface area is 151 Å². The zero-order valence-electron chi connectivity index (χ0n) is 13.6. The number of nitrogens with one attached hydrogen (secondary N) is 2. The minimum absolute atomic E-state index is 0.0465. The maximum absolute atomic E-state index is 12.0. The molecule has 3 rings (SSSR count). The summed E-state index contributed by atoms with van der Waals surface area (Å²) >= 11 is 6.29. The maximum atomic E-state index is 12.0. The van der Waals surface area contributed by atoms with Crippen LogP contribution in [0.3, 0.4) is 0 Å². The van der Waals surface area contributed by atoms with Gasteiger partial charge >= 0.3 is 5.97 Å². The van der Waals surface area contributed by atoms with Crippen LogP contribution in [0, 0.1) is 5.92 Å². The fourth-order valence-electron chi connectivity index (χ4n) is 2.70. The van der Waals surface area contributed by atoms with Crippen LogP contribution in [-0.2, 0) is 20.9 Å². The first kappa shape index (κ1) is 17.3. The third-order valence-corrected chi connectivity index (χ3v) is 4.30. The van der Waals surface area contributed by atoms with Gasteiger partial charge in [-0.3, -0.25) is 9.59 Å². The van der Waals surface area contributed by atoms with Gasteiger partial charge in [0.1, 0.15) is 0 Å². The first-order valence-electron chi connectivity index (χ1n) is 8.13. The lowest BCUT2D eigenvalue weighted by Gasteiger charge is -2.12. The lowest BCUT2D eigenvalue weighted by Crippen LogP contribution is -2.16. The van der Waals surface area contributed by atoms with Crippen molar-refractivity contribution >= 4 is 34.9 Å². The Balaban J connectivity index is 1.54. The summed E-state index contributed by atoms with van der Waals surface area (Å²) in [7, 11) is 0. The third-order valence-electron chi connectivity index (χ3n) is 3.99. The summed E-state index contributed by atoms with van der Waals surface area (Å²) in [5.41, 5.74) is 2.59. The number of carbonyl (C=O) groups excluding carboxylic acids is 2. The smallest absolute Gasteiger partial charge is 0.306 e. The normalized spacial score (nSPS) is 16.4. The molecule has 6 heteroatoms. The van der Waals surface area contributed by atoms with Crippen LogP contribution in [0.4, 0.5) is 11.4 Å². The molecule has 1 saturated heterocycles. The number of carbonyl (C=O) groups is 2. The van der Waals surface area contributed by atoms with Crippen LogP contribution in [0.2, 0.25) is 5.02 Å². The molecule has 130 valence electrons. The predicted molar refractivity (Wildman–Crippen MR) is 97.5 cm³/mol. The molecule has 0 saturated carbocycles. The minimum atomic E-state index is -0.241. The van der Waals surface area contributed by atoms with Gasteiger partial charge in [0.2, 0.25) is 5.91 Å². The van der Waals surface area contributed by atoms with Gasteiger partial charge in [-0.2, -0.15) is 0 Å². The van der Waals surface area contributed by atoms with Crippen molar-refractivity contribution in [3.8, 4) is 0 Å². The fraction of sp³-hybridized carbons (Fsp3) is 0.263. The molecule has 2 N–H and O–H groups in total. The van der Waals surface area contributed by atoms with Crippen LogP contribution in [-0.4, -0.2) is 18.5 Å². The molecular formula is C19H19ClN2O3. The molecule has 1 amide bonds. The van der Waals surface area contributed by atoms with Crippen molar-refractivity contribution in [3.63, 3.8) is 0 Å². The zero-order valence-corrected chi connectivity index (χ0v) is 14.4. The van der Waals surface area contributed by atoms with Gasteiger partial charge in [0, 0.05) is 24.6 Å². The summed E-state index contributed by atoms with van der Waals surface area (Å²) in [6, 6.07) is 15.4. The quantitative estimate of drug-likeness (QED) is 0.770. The highest BCUT2D eigenvalue weighted by molar-refractivity contribution is 6.33. The van der Waals surface area contributed by atoms with Crippen molar-refractivity contribution in [2.45, 2.75) is 19.4 Å². The molecule has 1 atom stereocenters. The Morgan fingerprint density at radius 3 is 2.68 bits per heavy atom. The van der Waals surface area contributed by atoms with Gasteiger partial charge < -0.3 is 15.4 Å². The summed E-state index contributed by atoms with van der Waals surface area (Å²) in [4.78, 5) is 23.1. The average Bonchev–Trinajstić information content (AvgIpc) is 2.99. The Hall–Kier alpha value is -2.53. The van der Waals surface area contributed by atoms with Gasteiger partial charge in [-0.15, -0.1) is 0 Å². The number of hydrogen-bond acceptors (Lipinski definition) is 4. The maximum Gasteiger partial charge on any atom is 0.306 e. The first-order chi connectivity index (χ1) is 12.1. The average molecular weight is 359 g/mol. The molecule has 1 aliphatic heterocycles. The van der Waals surface area contributed by atoms with Crippen molar-refractivity contribution in [1.82, 2.24) is 0 Å². The highest BCUT2D eigenvalue weighted by atomic mass is 35.5. The second-order valence-corrected chi connectivity index (χ2v) is 6.45. The van der Waals surface area contributed by atoms with E-state index < -0.39 is 0 Å². The number of cyclic esters (lactones) is 1. The molecule has 2 aromatic carbocycles. The van der Waals surface area contributed by atoms with E-state index in [0.717, 1.165) is 11.3 Å². The summed E-state index contributed by atoms with van der Waals surface area (Å²) < 4.78 is 4.87. The molecule has 1 aliphatic rings. The predicted octanol–water partition coefficient (Wildman–Crippen LogP) is 3.84. The van der Waals surface area contributed by atoms with E-state index in [1.807, 2.05) is 36.4 Å². The molecule has 0 bridgehead atoms. The van der Waals surface area contributed by atoms with Crippen molar-refractivity contribution in [1.29, 1.82) is 0 Å². The molecule has 1 fully saturated rings. The number of amides is 1. The Morgan fingerprint density at radius 2 is 2.00 bits per heavy atom. The third kappa shape index (κ3) is 4.97. The van der Waals surface area contributed by atoms with E-state index >= 15 is 0 Å². The van der Waals surface area contributed by atoms with Crippen LogP contribution in [0.25, 0.3) is 0 Å². The number of benzene rings is 2. The van der Waals surface area contributed by atoms with Crippen molar-refractivity contribution in [3.05, 3.63) is 59.1 Å². The van der Waals surface area contributed by atoms with E-state index in [2.05, 4.69) is 10.6 Å². The van der Waals surface area contributed by atoms with Crippen LogP contribution in [0.5, 0.6) is 0 Å². The molecule has 5 nitrogen and oxygen atoms in total. The van der Waals surface area contributed by atoms with Crippen molar-refractivity contribution in [2.75, 3.05) is 17.2 Å². The van der Waals surface area contributed by atoms with Crippen molar-refractivity contribution < 1.29 is 14.3 Å². The second kappa shape index (κ2) is 8.03. The molecule has 0 unspecified atom stereocenters. The number of anilines is 2. The summed E-state index contributed by atoms with van der Waals surface area (Å²) in [6.07, 6.45) is 0.563. The van der Waals surface area contributed by atoms with E-state index in [1.165, 1.54) is 0 Å². The highest BCUT2D eigenvalue weighted by Gasteiger charge is 2.25. The molecule has 0 spiro atoms. The van der Waals surface area contributed by atoms with E-state index in [4.69, 9.17) is 16.3 Å². The number of hydrogen-bond donors (Lipinski definition) is 2. The topological polar surface area (TPSA) is 67.4 Å². The van der Waals surface area contributed by atoms with Crippen LogP contribution in [0.15, 0.2) is 48.5 Å². The standard InChI is InChI=1S/C19H19ClN2O3/c20-16-10-15(22-18(23)8-14-9-19(24)25-12-14)6-7-17(16)21-11-13-4-2-1-3-5-13/h1-7,10,14,21H,8-9,11-12H2,(H,22,23)/t14-/m1/s1. The van der Waals surface area contributed by atoms with Crippen molar-refractivity contribution in [2.24, 2.45) is 5.92 Å². The van der Waals surface area contributed by atoms with Gasteiger partial charge in [0.05, 0.1) is 23.7 Å². The monoisotopic (exact) mass is 358 g/mol. The van der Waals surface area contributed by atoms with E-state index in [1.54, 1.807) is 12.1 Å². The van der Waals surface area contributed by atoms with E-state index in [-0.39, 0.29) is 24.2 Å². The van der Waals surface area contributed by atoms with Crippen LogP contribution >= 0.6 is 11.6 Å². The lowest BCUT2D eigenvalue weighted by atomic mass is 10.0. The van der Waals surface area contributed by atoms with Crippen LogP contribution in [0.1, 0.15) is 18.4 Å². The number of halogens is 1.